The number of ether oxygens (including phenoxy) is 2. The minimum atomic E-state index is 0. The highest BCUT2D eigenvalue weighted by Crippen LogP contribution is 2.28. The zero-order chi connectivity index (χ0) is 18.9. The van der Waals surface area contributed by atoms with Gasteiger partial charge in [0.05, 0.1) is 26.5 Å². The molecule has 0 spiro atoms. The molecule has 0 saturated carbocycles. The van der Waals surface area contributed by atoms with Crippen LogP contribution in [0.1, 0.15) is 12.5 Å². The standard InChI is InChI=1S/C20H28N4O2.HI/c1-15(24(2)14-16-8-6-5-7-9-16)13-22-20(21)23-18-12-17(25-3)10-11-19(18)26-4;/h5-12,15H,13-14H2,1-4H3,(H3,21,22,23);1H. The average Bonchev–Trinajstić information content (AvgIpc) is 2.66. The van der Waals surface area contributed by atoms with E-state index in [0.717, 1.165) is 18.0 Å². The molecule has 148 valence electrons. The maximum atomic E-state index is 6.05. The van der Waals surface area contributed by atoms with Gasteiger partial charge in [-0.25, -0.2) is 0 Å². The van der Waals surface area contributed by atoms with Gasteiger partial charge in [0, 0.05) is 18.7 Å². The van der Waals surface area contributed by atoms with Gasteiger partial charge in [-0.15, -0.1) is 24.0 Å². The van der Waals surface area contributed by atoms with Crippen molar-refractivity contribution < 1.29 is 9.47 Å². The van der Waals surface area contributed by atoms with E-state index >= 15 is 0 Å². The smallest absolute Gasteiger partial charge is 0.193 e. The molecule has 0 aliphatic heterocycles. The van der Waals surface area contributed by atoms with Gasteiger partial charge in [0.15, 0.2) is 5.96 Å². The molecule has 2 aromatic rings. The Labute approximate surface area is 178 Å². The highest BCUT2D eigenvalue weighted by molar-refractivity contribution is 14.0. The zero-order valence-corrected chi connectivity index (χ0v) is 18.6. The monoisotopic (exact) mass is 484 g/mol. The molecule has 0 heterocycles. The molecule has 0 radical (unpaired) electrons. The summed E-state index contributed by atoms with van der Waals surface area (Å²) in [6, 6.07) is 16.1. The summed E-state index contributed by atoms with van der Waals surface area (Å²) in [5.41, 5.74) is 8.04. The number of halogens is 1. The molecule has 1 unspecified atom stereocenters. The highest BCUT2D eigenvalue weighted by atomic mass is 127. The predicted octanol–water partition coefficient (Wildman–Crippen LogP) is 3.57. The molecular formula is C20H29IN4O2. The molecule has 2 rings (SSSR count). The molecule has 0 fully saturated rings. The van der Waals surface area contributed by atoms with Crippen molar-refractivity contribution >= 4 is 35.6 Å². The van der Waals surface area contributed by atoms with Crippen molar-refractivity contribution in [3.05, 3.63) is 54.1 Å². The number of benzene rings is 2. The van der Waals surface area contributed by atoms with Gasteiger partial charge < -0.3 is 20.5 Å². The zero-order valence-electron chi connectivity index (χ0n) is 16.3. The van der Waals surface area contributed by atoms with Gasteiger partial charge in [-0.2, -0.15) is 0 Å². The second kappa shape index (κ2) is 11.7. The summed E-state index contributed by atoms with van der Waals surface area (Å²) in [4.78, 5) is 6.71. The third-order valence-electron chi connectivity index (χ3n) is 4.22. The number of hydrogen-bond donors (Lipinski definition) is 2. The van der Waals surface area contributed by atoms with Crippen molar-refractivity contribution in [2.75, 3.05) is 33.1 Å². The molecule has 3 N–H and O–H groups in total. The summed E-state index contributed by atoms with van der Waals surface area (Å²) in [6.07, 6.45) is 0. The number of nitrogens with two attached hydrogens (primary N) is 1. The fourth-order valence-electron chi connectivity index (χ4n) is 2.49. The fourth-order valence-corrected chi connectivity index (χ4v) is 2.49. The molecule has 1 atom stereocenters. The van der Waals surface area contributed by atoms with E-state index in [9.17, 15) is 0 Å². The first kappa shape index (κ1) is 23.0. The third kappa shape index (κ3) is 7.26. The van der Waals surface area contributed by atoms with Crippen molar-refractivity contribution in [2.24, 2.45) is 10.7 Å². The van der Waals surface area contributed by atoms with Crippen molar-refractivity contribution in [1.29, 1.82) is 0 Å². The van der Waals surface area contributed by atoms with Crippen LogP contribution in [0.5, 0.6) is 11.5 Å². The Morgan fingerprint density at radius 3 is 2.48 bits per heavy atom. The number of hydrogen-bond acceptors (Lipinski definition) is 4. The van der Waals surface area contributed by atoms with Crippen LogP contribution >= 0.6 is 24.0 Å². The van der Waals surface area contributed by atoms with Crippen LogP contribution in [0.3, 0.4) is 0 Å². The second-order valence-electron chi connectivity index (χ2n) is 6.17. The Bertz CT molecular complexity index is 725. The summed E-state index contributed by atoms with van der Waals surface area (Å²) in [6.45, 7) is 3.59. The van der Waals surface area contributed by atoms with Crippen LogP contribution in [-0.4, -0.2) is 44.7 Å². The van der Waals surface area contributed by atoms with Gasteiger partial charge in [-0.3, -0.25) is 9.89 Å². The van der Waals surface area contributed by atoms with Crippen LogP contribution in [0.2, 0.25) is 0 Å². The normalized spacial score (nSPS) is 12.3. The van der Waals surface area contributed by atoms with E-state index in [0.29, 0.717) is 18.3 Å². The number of aliphatic imine (C=N–C) groups is 1. The van der Waals surface area contributed by atoms with E-state index in [1.54, 1.807) is 14.2 Å². The van der Waals surface area contributed by atoms with Crippen LogP contribution in [0.15, 0.2) is 53.5 Å². The van der Waals surface area contributed by atoms with Gasteiger partial charge in [0.2, 0.25) is 0 Å². The predicted molar refractivity (Wildman–Crippen MR) is 122 cm³/mol. The first-order valence-electron chi connectivity index (χ1n) is 8.56. The summed E-state index contributed by atoms with van der Waals surface area (Å²) in [7, 11) is 5.32. The Morgan fingerprint density at radius 2 is 1.85 bits per heavy atom. The molecule has 0 aliphatic carbocycles. The maximum Gasteiger partial charge on any atom is 0.193 e. The molecule has 0 aliphatic rings. The number of likely N-dealkylation sites (N-methyl/N-ethyl adjacent to an activating group) is 1. The lowest BCUT2D eigenvalue weighted by atomic mass is 10.2. The maximum absolute atomic E-state index is 6.05. The number of methoxy groups -OCH3 is 2. The lowest BCUT2D eigenvalue weighted by Gasteiger charge is -2.23. The summed E-state index contributed by atoms with van der Waals surface area (Å²) in [5.74, 6) is 1.74. The van der Waals surface area contributed by atoms with E-state index in [4.69, 9.17) is 15.2 Å². The van der Waals surface area contributed by atoms with Crippen LogP contribution in [0, 0.1) is 0 Å². The molecule has 0 amide bonds. The minimum Gasteiger partial charge on any atom is -0.497 e. The van der Waals surface area contributed by atoms with Gasteiger partial charge in [-0.1, -0.05) is 30.3 Å². The number of nitrogens with zero attached hydrogens (tertiary/aromatic N) is 2. The molecule has 0 aromatic heterocycles. The van der Waals surface area contributed by atoms with Crippen molar-refractivity contribution in [3.63, 3.8) is 0 Å². The fraction of sp³-hybridized carbons (Fsp3) is 0.350. The molecule has 0 bridgehead atoms. The van der Waals surface area contributed by atoms with Gasteiger partial charge in [0.25, 0.3) is 0 Å². The number of rotatable bonds is 8. The van der Waals surface area contributed by atoms with Crippen LogP contribution in [0.4, 0.5) is 5.69 Å². The Hall–Kier alpha value is -2.00. The topological polar surface area (TPSA) is 72.1 Å². The van der Waals surface area contributed by atoms with E-state index in [-0.39, 0.29) is 30.0 Å². The van der Waals surface area contributed by atoms with Crippen molar-refractivity contribution in [3.8, 4) is 11.5 Å². The van der Waals surface area contributed by atoms with E-state index in [1.807, 2.05) is 24.3 Å². The number of anilines is 1. The van der Waals surface area contributed by atoms with E-state index in [1.165, 1.54) is 5.56 Å². The molecular weight excluding hydrogens is 455 g/mol. The third-order valence-corrected chi connectivity index (χ3v) is 4.22. The number of nitrogens with one attached hydrogen (secondary N) is 1. The Kier molecular flexibility index (Phi) is 9.95. The first-order chi connectivity index (χ1) is 12.5. The average molecular weight is 484 g/mol. The molecule has 2 aromatic carbocycles. The number of guanidine groups is 1. The Balaban J connectivity index is 0.00000364. The van der Waals surface area contributed by atoms with Crippen LogP contribution < -0.4 is 20.5 Å². The summed E-state index contributed by atoms with van der Waals surface area (Å²) < 4.78 is 10.6. The molecule has 0 saturated heterocycles. The SMILES string of the molecule is COc1ccc(OC)c(NC(N)=NCC(C)N(C)Cc2ccccc2)c1.I. The van der Waals surface area contributed by atoms with Gasteiger partial charge in [-0.05, 0) is 31.7 Å². The van der Waals surface area contributed by atoms with Crippen molar-refractivity contribution in [1.82, 2.24) is 4.90 Å². The molecule has 6 nitrogen and oxygen atoms in total. The quantitative estimate of drug-likeness (QED) is 0.341. The highest BCUT2D eigenvalue weighted by Gasteiger charge is 2.10. The summed E-state index contributed by atoms with van der Waals surface area (Å²) in [5, 5.41) is 3.08. The molecule has 27 heavy (non-hydrogen) atoms. The summed E-state index contributed by atoms with van der Waals surface area (Å²) >= 11 is 0. The first-order valence-corrected chi connectivity index (χ1v) is 8.56. The van der Waals surface area contributed by atoms with Crippen molar-refractivity contribution in [2.45, 2.75) is 19.5 Å². The van der Waals surface area contributed by atoms with E-state index in [2.05, 4.69) is 53.4 Å². The lowest BCUT2D eigenvalue weighted by Crippen LogP contribution is -2.32. The largest absolute Gasteiger partial charge is 0.497 e. The second-order valence-corrected chi connectivity index (χ2v) is 6.17. The molecule has 7 heteroatoms. The van der Waals surface area contributed by atoms with Crippen LogP contribution in [-0.2, 0) is 6.54 Å². The Morgan fingerprint density at radius 1 is 1.15 bits per heavy atom. The van der Waals surface area contributed by atoms with E-state index < -0.39 is 0 Å². The van der Waals surface area contributed by atoms with Gasteiger partial charge in [0.1, 0.15) is 11.5 Å². The van der Waals surface area contributed by atoms with Gasteiger partial charge >= 0.3 is 0 Å². The lowest BCUT2D eigenvalue weighted by molar-refractivity contribution is 0.255. The van der Waals surface area contributed by atoms with Crippen LogP contribution in [0.25, 0.3) is 0 Å². The minimum absolute atomic E-state index is 0.